The molecule has 9 heteroatoms. The molecule has 0 saturated heterocycles. The molecule has 1 aromatic rings. The van der Waals surface area contributed by atoms with Crippen LogP contribution in [0.1, 0.15) is 18.2 Å². The van der Waals surface area contributed by atoms with Gasteiger partial charge in [0.05, 0.1) is 17.4 Å². The maximum absolute atomic E-state index is 12.7. The van der Waals surface area contributed by atoms with Crippen LogP contribution in [0.25, 0.3) is 0 Å². The highest BCUT2D eigenvalue weighted by Crippen LogP contribution is 2.32. The topological polar surface area (TPSA) is 86.0 Å². The Kier molecular flexibility index (Phi) is 4.73. The average Bonchev–Trinajstić information content (AvgIpc) is 2.37. The highest BCUT2D eigenvalue weighted by Gasteiger charge is 2.35. The molecule has 0 saturated carbocycles. The van der Waals surface area contributed by atoms with E-state index in [1.807, 2.05) is 0 Å². The number of aromatic nitrogens is 1. The Balaban J connectivity index is 3.12. The Labute approximate surface area is 120 Å². The molecule has 20 heavy (non-hydrogen) atoms. The predicted molar refractivity (Wildman–Crippen MR) is 67.0 cm³/mol. The number of amides is 1. The summed E-state index contributed by atoms with van der Waals surface area (Å²) in [5, 5.41) is 20.2. The molecular formula is C11H9BrF3N3O2. The first-order valence-corrected chi connectivity index (χ1v) is 6.31. The van der Waals surface area contributed by atoms with E-state index in [-0.39, 0.29) is 11.0 Å². The van der Waals surface area contributed by atoms with E-state index in [1.165, 1.54) is 13.0 Å². The molecule has 1 rings (SSSR count). The SMILES string of the molecule is CC(O)(CBr)C(=O)Nc1cnc(C#N)c(C(F)(F)F)c1. The van der Waals surface area contributed by atoms with Crippen LogP contribution >= 0.6 is 15.9 Å². The number of carbonyl (C=O) groups excluding carboxylic acids is 1. The highest BCUT2D eigenvalue weighted by molar-refractivity contribution is 9.09. The van der Waals surface area contributed by atoms with Crippen molar-refractivity contribution in [2.45, 2.75) is 18.7 Å². The van der Waals surface area contributed by atoms with Crippen molar-refractivity contribution in [1.82, 2.24) is 4.98 Å². The largest absolute Gasteiger partial charge is 0.419 e. The fraction of sp³-hybridized carbons (Fsp3) is 0.364. The third-order valence-corrected chi connectivity index (χ3v) is 3.40. The van der Waals surface area contributed by atoms with Crippen LogP contribution in [0.2, 0.25) is 0 Å². The first-order valence-electron chi connectivity index (χ1n) is 5.19. The van der Waals surface area contributed by atoms with Crippen LogP contribution in [-0.4, -0.2) is 26.9 Å². The number of pyridine rings is 1. The van der Waals surface area contributed by atoms with Crippen LogP contribution in [0.4, 0.5) is 18.9 Å². The van der Waals surface area contributed by atoms with Gasteiger partial charge >= 0.3 is 6.18 Å². The third-order valence-electron chi connectivity index (χ3n) is 2.31. The summed E-state index contributed by atoms with van der Waals surface area (Å²) in [5.74, 6) is -0.894. The lowest BCUT2D eigenvalue weighted by Crippen LogP contribution is -2.41. The monoisotopic (exact) mass is 351 g/mol. The van der Waals surface area contributed by atoms with E-state index < -0.39 is 28.9 Å². The van der Waals surface area contributed by atoms with Crippen molar-refractivity contribution in [2.75, 3.05) is 10.6 Å². The van der Waals surface area contributed by atoms with Gasteiger partial charge in [-0.05, 0) is 13.0 Å². The molecule has 0 spiro atoms. The molecule has 0 aromatic carbocycles. The lowest BCUT2D eigenvalue weighted by molar-refractivity contribution is -0.138. The minimum absolute atomic E-state index is 0.0956. The molecule has 1 amide bonds. The van der Waals surface area contributed by atoms with E-state index in [1.54, 1.807) is 0 Å². The van der Waals surface area contributed by atoms with Gasteiger partial charge in [0.2, 0.25) is 0 Å². The van der Waals surface area contributed by atoms with Gasteiger partial charge in [0.25, 0.3) is 5.91 Å². The molecule has 1 atom stereocenters. The van der Waals surface area contributed by atoms with Gasteiger partial charge in [0.1, 0.15) is 11.7 Å². The van der Waals surface area contributed by atoms with Crippen molar-refractivity contribution < 1.29 is 23.1 Å². The first-order chi connectivity index (χ1) is 9.11. The molecule has 0 fully saturated rings. The zero-order valence-corrected chi connectivity index (χ0v) is 11.7. The number of hydrogen-bond donors (Lipinski definition) is 2. The van der Waals surface area contributed by atoms with Crippen LogP contribution in [-0.2, 0) is 11.0 Å². The van der Waals surface area contributed by atoms with Crippen LogP contribution in [0.5, 0.6) is 0 Å². The summed E-state index contributed by atoms with van der Waals surface area (Å²) in [6.45, 7) is 1.19. The van der Waals surface area contributed by atoms with Gasteiger partial charge in [-0.2, -0.15) is 18.4 Å². The van der Waals surface area contributed by atoms with E-state index in [9.17, 15) is 23.1 Å². The second-order valence-corrected chi connectivity index (χ2v) is 4.65. The molecule has 2 N–H and O–H groups in total. The average molecular weight is 352 g/mol. The number of rotatable bonds is 3. The van der Waals surface area contributed by atoms with Crippen molar-refractivity contribution >= 4 is 27.5 Å². The van der Waals surface area contributed by atoms with Crippen LogP contribution in [0.15, 0.2) is 12.3 Å². The maximum atomic E-state index is 12.7. The first kappa shape index (κ1) is 16.4. The summed E-state index contributed by atoms with van der Waals surface area (Å²) < 4.78 is 38.1. The zero-order chi connectivity index (χ0) is 15.6. The van der Waals surface area contributed by atoms with Crippen molar-refractivity contribution in [3.05, 3.63) is 23.5 Å². The molecule has 0 bridgehead atoms. The quantitative estimate of drug-likeness (QED) is 0.816. The standard InChI is InChI=1S/C11H9BrF3N3O2/c1-10(20,5-12)9(19)18-6-2-7(11(13,14)15)8(3-16)17-4-6/h2,4,20H,5H2,1H3,(H,18,19). The molecule has 0 radical (unpaired) electrons. The lowest BCUT2D eigenvalue weighted by atomic mass is 10.1. The van der Waals surface area contributed by atoms with Gasteiger partial charge in [0, 0.05) is 5.33 Å². The van der Waals surface area contributed by atoms with Gasteiger partial charge < -0.3 is 10.4 Å². The molecule has 0 aliphatic heterocycles. The van der Waals surface area contributed by atoms with Crippen LogP contribution in [0, 0.1) is 11.3 Å². The number of nitrogens with zero attached hydrogens (tertiary/aromatic N) is 2. The fourth-order valence-electron chi connectivity index (χ4n) is 1.16. The van der Waals surface area contributed by atoms with Crippen molar-refractivity contribution in [3.63, 3.8) is 0 Å². The molecule has 0 aliphatic carbocycles. The van der Waals surface area contributed by atoms with E-state index >= 15 is 0 Å². The van der Waals surface area contributed by atoms with Gasteiger partial charge in [-0.1, -0.05) is 15.9 Å². The smallest absolute Gasteiger partial charge is 0.379 e. The number of nitrogens with one attached hydrogen (secondary N) is 1. The molecule has 0 aliphatic rings. The van der Waals surface area contributed by atoms with Gasteiger partial charge in [0.15, 0.2) is 5.69 Å². The van der Waals surface area contributed by atoms with Gasteiger partial charge in [-0.15, -0.1) is 0 Å². The number of aliphatic hydroxyl groups is 1. The number of nitriles is 1. The van der Waals surface area contributed by atoms with E-state index in [4.69, 9.17) is 5.26 Å². The predicted octanol–water partition coefficient (Wildman–Crippen LogP) is 2.06. The number of anilines is 1. The summed E-state index contributed by atoms with van der Waals surface area (Å²) in [4.78, 5) is 15.0. The summed E-state index contributed by atoms with van der Waals surface area (Å²) in [5.41, 5.74) is -4.09. The summed E-state index contributed by atoms with van der Waals surface area (Å²) in [6.07, 6.45) is -3.85. The van der Waals surface area contributed by atoms with E-state index in [0.717, 1.165) is 6.20 Å². The summed E-state index contributed by atoms with van der Waals surface area (Å²) in [6, 6.07) is 1.91. The van der Waals surface area contributed by atoms with Crippen LogP contribution < -0.4 is 5.32 Å². The summed E-state index contributed by atoms with van der Waals surface area (Å²) >= 11 is 2.90. The molecule has 5 nitrogen and oxygen atoms in total. The van der Waals surface area contributed by atoms with Gasteiger partial charge in [-0.3, -0.25) is 4.79 Å². The van der Waals surface area contributed by atoms with E-state index in [2.05, 4.69) is 26.2 Å². The third kappa shape index (κ3) is 3.68. The molecule has 1 aromatic heterocycles. The van der Waals surface area contributed by atoms with Crippen molar-refractivity contribution in [2.24, 2.45) is 0 Å². The Morgan fingerprint density at radius 2 is 2.20 bits per heavy atom. The summed E-state index contributed by atoms with van der Waals surface area (Å²) in [7, 11) is 0. The number of hydrogen-bond acceptors (Lipinski definition) is 4. The molecular weight excluding hydrogens is 343 g/mol. The maximum Gasteiger partial charge on any atom is 0.419 e. The normalized spacial score (nSPS) is 14.2. The number of halogens is 4. The van der Waals surface area contributed by atoms with Crippen molar-refractivity contribution in [3.8, 4) is 6.07 Å². The highest BCUT2D eigenvalue weighted by atomic mass is 79.9. The number of carbonyl (C=O) groups is 1. The Morgan fingerprint density at radius 3 is 2.65 bits per heavy atom. The Morgan fingerprint density at radius 1 is 1.60 bits per heavy atom. The molecule has 1 heterocycles. The lowest BCUT2D eigenvalue weighted by Gasteiger charge is -2.19. The Bertz CT molecular complexity index is 567. The minimum Gasteiger partial charge on any atom is -0.379 e. The second kappa shape index (κ2) is 5.76. The fourth-order valence-corrected chi connectivity index (χ4v) is 1.42. The van der Waals surface area contributed by atoms with Gasteiger partial charge in [-0.25, -0.2) is 4.98 Å². The minimum atomic E-state index is -4.77. The van der Waals surface area contributed by atoms with Crippen LogP contribution in [0.3, 0.4) is 0 Å². The van der Waals surface area contributed by atoms with Crippen molar-refractivity contribution in [1.29, 1.82) is 5.26 Å². The molecule has 1 unspecified atom stereocenters. The van der Waals surface area contributed by atoms with E-state index in [0.29, 0.717) is 6.07 Å². The zero-order valence-electron chi connectivity index (χ0n) is 10.1. The Hall–Kier alpha value is -1.66. The molecule has 108 valence electrons. The second-order valence-electron chi connectivity index (χ2n) is 4.09. The number of alkyl halides is 4.